The number of carbonyl (C=O) groups is 1. The predicted octanol–water partition coefficient (Wildman–Crippen LogP) is 5.65. The topological polar surface area (TPSA) is 81.1 Å². The van der Waals surface area contributed by atoms with Crippen LogP contribution in [-0.4, -0.2) is 27.8 Å². The third-order valence-corrected chi connectivity index (χ3v) is 5.79. The molecule has 0 unspecified atom stereocenters. The Kier molecular flexibility index (Phi) is 6.32. The third-order valence-electron chi connectivity index (χ3n) is 5.54. The average molecular weight is 484 g/mol. The van der Waals surface area contributed by atoms with Crippen molar-refractivity contribution >= 4 is 41.2 Å². The maximum atomic E-state index is 12.5. The van der Waals surface area contributed by atoms with Crippen molar-refractivity contribution in [1.29, 1.82) is 0 Å². The summed E-state index contributed by atoms with van der Waals surface area (Å²) < 4.78 is 6.92. The Labute approximate surface area is 207 Å². The van der Waals surface area contributed by atoms with Crippen LogP contribution in [0.25, 0.3) is 11.8 Å². The van der Waals surface area contributed by atoms with Crippen molar-refractivity contribution in [3.63, 3.8) is 0 Å². The first-order valence-electron chi connectivity index (χ1n) is 11.0. The molecule has 7 nitrogen and oxygen atoms in total. The van der Waals surface area contributed by atoms with Crippen LogP contribution in [0.15, 0.2) is 91.0 Å². The Hall–Kier alpha value is -4.36. The van der Waals surface area contributed by atoms with Crippen molar-refractivity contribution in [2.75, 3.05) is 17.7 Å². The molecule has 1 amide bonds. The van der Waals surface area contributed by atoms with Crippen LogP contribution < -0.4 is 15.4 Å². The zero-order valence-electron chi connectivity index (χ0n) is 18.9. The number of nitrogens with one attached hydrogen (secondary N) is 2. The molecule has 0 aliphatic carbocycles. The molecule has 0 saturated carbocycles. The summed E-state index contributed by atoms with van der Waals surface area (Å²) in [6.07, 6.45) is 5.24. The SMILES string of the molecule is COc1ccc(/C=C/C(=O)Nc2nc3n(n2)[C@H](c2ccccc2)C=C(c2ccc(Cl)cc2)N3)cc1. The zero-order valence-corrected chi connectivity index (χ0v) is 19.6. The molecule has 3 aromatic carbocycles. The van der Waals surface area contributed by atoms with E-state index in [4.69, 9.17) is 16.3 Å². The lowest BCUT2D eigenvalue weighted by Gasteiger charge is -2.24. The number of benzene rings is 3. The normalized spacial score (nSPS) is 14.7. The number of hydrogen-bond acceptors (Lipinski definition) is 5. The molecule has 2 heterocycles. The fourth-order valence-electron chi connectivity index (χ4n) is 3.77. The van der Waals surface area contributed by atoms with Gasteiger partial charge in [-0.3, -0.25) is 10.1 Å². The van der Waals surface area contributed by atoms with E-state index in [1.165, 1.54) is 6.08 Å². The van der Waals surface area contributed by atoms with Crippen LogP contribution in [0.5, 0.6) is 5.75 Å². The second-order valence-electron chi connectivity index (χ2n) is 7.87. The Bertz CT molecular complexity index is 1390. The van der Waals surface area contributed by atoms with E-state index in [0.29, 0.717) is 11.0 Å². The standard InChI is InChI=1S/C27H22ClN5O2/c1-35-22-14-7-18(8-15-22)9-16-25(34)30-26-31-27-29-23(19-10-12-21(28)13-11-19)17-24(33(27)32-26)20-5-3-2-4-6-20/h2-17,24H,1H3,(H2,29,30,31,32,34)/b16-9+/t24-/m0/s1. The minimum atomic E-state index is -0.328. The molecule has 0 spiro atoms. The van der Waals surface area contributed by atoms with Crippen LogP contribution in [0.4, 0.5) is 11.9 Å². The van der Waals surface area contributed by atoms with Crippen molar-refractivity contribution < 1.29 is 9.53 Å². The van der Waals surface area contributed by atoms with Crippen molar-refractivity contribution in [3.05, 3.63) is 113 Å². The van der Waals surface area contributed by atoms with Crippen molar-refractivity contribution in [1.82, 2.24) is 14.8 Å². The molecule has 0 radical (unpaired) electrons. The second-order valence-corrected chi connectivity index (χ2v) is 8.30. The lowest BCUT2D eigenvalue weighted by molar-refractivity contribution is -0.111. The van der Waals surface area contributed by atoms with Crippen LogP contribution >= 0.6 is 11.6 Å². The molecule has 1 atom stereocenters. The number of methoxy groups -OCH3 is 1. The molecular formula is C27H22ClN5O2. The van der Waals surface area contributed by atoms with E-state index in [9.17, 15) is 4.79 Å². The molecule has 5 rings (SSSR count). The number of aromatic nitrogens is 3. The van der Waals surface area contributed by atoms with Gasteiger partial charge in [0.05, 0.1) is 7.11 Å². The Balaban J connectivity index is 1.39. The van der Waals surface area contributed by atoms with E-state index in [0.717, 1.165) is 28.1 Å². The van der Waals surface area contributed by atoms with E-state index < -0.39 is 0 Å². The number of fused-ring (bicyclic) bond motifs is 1. The Morgan fingerprint density at radius 3 is 2.51 bits per heavy atom. The first-order valence-corrected chi connectivity index (χ1v) is 11.4. The van der Waals surface area contributed by atoms with E-state index in [1.54, 1.807) is 17.9 Å². The number of carbonyl (C=O) groups excluding carboxylic acids is 1. The van der Waals surface area contributed by atoms with Gasteiger partial charge < -0.3 is 10.1 Å². The van der Waals surface area contributed by atoms with E-state index in [-0.39, 0.29) is 17.9 Å². The lowest BCUT2D eigenvalue weighted by atomic mass is 10.0. The van der Waals surface area contributed by atoms with Gasteiger partial charge in [-0.25, -0.2) is 4.68 Å². The van der Waals surface area contributed by atoms with Crippen molar-refractivity contribution in [2.45, 2.75) is 6.04 Å². The van der Waals surface area contributed by atoms with Gasteiger partial charge >= 0.3 is 0 Å². The first-order chi connectivity index (χ1) is 17.1. The molecule has 1 aliphatic heterocycles. The fraction of sp³-hybridized carbons (Fsp3) is 0.0741. The molecule has 35 heavy (non-hydrogen) atoms. The Morgan fingerprint density at radius 1 is 1.06 bits per heavy atom. The number of nitrogens with zero attached hydrogens (tertiary/aromatic N) is 3. The van der Waals surface area contributed by atoms with Gasteiger partial charge in [0.25, 0.3) is 11.9 Å². The smallest absolute Gasteiger partial charge is 0.250 e. The molecule has 174 valence electrons. The molecule has 0 bridgehead atoms. The lowest BCUT2D eigenvalue weighted by Crippen LogP contribution is -2.20. The van der Waals surface area contributed by atoms with E-state index >= 15 is 0 Å². The van der Waals surface area contributed by atoms with Crippen LogP contribution in [-0.2, 0) is 4.79 Å². The summed E-state index contributed by atoms with van der Waals surface area (Å²) in [7, 11) is 1.61. The number of ether oxygens (including phenoxy) is 1. The highest BCUT2D eigenvalue weighted by Crippen LogP contribution is 2.33. The number of amides is 1. The molecule has 0 saturated heterocycles. The minimum Gasteiger partial charge on any atom is -0.497 e. The van der Waals surface area contributed by atoms with Gasteiger partial charge in [-0.05, 0) is 53.1 Å². The number of anilines is 2. The molecule has 8 heteroatoms. The van der Waals surface area contributed by atoms with Crippen molar-refractivity contribution in [2.24, 2.45) is 0 Å². The molecule has 0 fully saturated rings. The van der Waals surface area contributed by atoms with Crippen LogP contribution in [0.1, 0.15) is 22.7 Å². The van der Waals surface area contributed by atoms with Crippen LogP contribution in [0, 0.1) is 0 Å². The predicted molar refractivity (Wildman–Crippen MR) is 138 cm³/mol. The highest BCUT2D eigenvalue weighted by Gasteiger charge is 2.25. The van der Waals surface area contributed by atoms with Crippen LogP contribution in [0.3, 0.4) is 0 Å². The number of rotatable bonds is 6. The van der Waals surface area contributed by atoms with Gasteiger partial charge in [-0.2, -0.15) is 4.98 Å². The molecule has 1 aliphatic rings. The van der Waals surface area contributed by atoms with Crippen LogP contribution in [0.2, 0.25) is 5.02 Å². The highest BCUT2D eigenvalue weighted by molar-refractivity contribution is 6.30. The van der Waals surface area contributed by atoms with Gasteiger partial charge in [-0.15, -0.1) is 5.10 Å². The fourth-order valence-corrected chi connectivity index (χ4v) is 3.90. The second kappa shape index (κ2) is 9.87. The maximum Gasteiger partial charge on any atom is 0.250 e. The van der Waals surface area contributed by atoms with Gasteiger partial charge in [-0.1, -0.05) is 66.2 Å². The maximum absolute atomic E-state index is 12.5. The molecular weight excluding hydrogens is 462 g/mol. The van der Waals surface area contributed by atoms with Gasteiger partial charge in [0.2, 0.25) is 5.95 Å². The van der Waals surface area contributed by atoms with Gasteiger partial charge in [0.1, 0.15) is 11.8 Å². The zero-order chi connectivity index (χ0) is 24.2. The van der Waals surface area contributed by atoms with Gasteiger partial charge in [0.15, 0.2) is 0 Å². The summed E-state index contributed by atoms with van der Waals surface area (Å²) in [4.78, 5) is 17.1. The summed E-state index contributed by atoms with van der Waals surface area (Å²) >= 11 is 6.07. The molecule has 2 N–H and O–H groups in total. The summed E-state index contributed by atoms with van der Waals surface area (Å²) in [6, 6.07) is 24.8. The van der Waals surface area contributed by atoms with E-state index in [2.05, 4.69) is 26.8 Å². The number of hydrogen-bond donors (Lipinski definition) is 2. The monoisotopic (exact) mass is 483 g/mol. The summed E-state index contributed by atoms with van der Waals surface area (Å²) in [5.74, 6) is 1.17. The third kappa shape index (κ3) is 5.10. The largest absolute Gasteiger partial charge is 0.497 e. The quantitative estimate of drug-likeness (QED) is 0.346. The van der Waals surface area contributed by atoms with Gasteiger partial charge in [0, 0.05) is 16.8 Å². The van der Waals surface area contributed by atoms with Crippen molar-refractivity contribution in [3.8, 4) is 5.75 Å². The Morgan fingerprint density at radius 2 is 1.80 bits per heavy atom. The van der Waals surface area contributed by atoms with E-state index in [1.807, 2.05) is 78.9 Å². The molecule has 1 aromatic heterocycles. The number of halogens is 1. The number of allylic oxidation sites excluding steroid dienone is 1. The minimum absolute atomic E-state index is 0.203. The summed E-state index contributed by atoms with van der Waals surface area (Å²) in [6.45, 7) is 0. The highest BCUT2D eigenvalue weighted by atomic mass is 35.5. The summed E-state index contributed by atoms with van der Waals surface area (Å²) in [5, 5.41) is 11.3. The first kappa shape index (κ1) is 22.4. The average Bonchev–Trinajstić information content (AvgIpc) is 3.30. The summed E-state index contributed by atoms with van der Waals surface area (Å²) in [5.41, 5.74) is 3.77. The molecule has 4 aromatic rings.